The molecule has 3 rings (SSSR count). The lowest BCUT2D eigenvalue weighted by Crippen LogP contribution is -2.45. The van der Waals surface area contributed by atoms with Crippen LogP contribution in [0, 0.1) is 19.8 Å². The molecule has 1 atom stereocenters. The average Bonchev–Trinajstić information content (AvgIpc) is 2.68. The molecule has 176 valence electrons. The summed E-state index contributed by atoms with van der Waals surface area (Å²) in [5.74, 6) is 0.123. The molecule has 0 saturated heterocycles. The van der Waals surface area contributed by atoms with Gasteiger partial charge in [0, 0.05) is 29.7 Å². The van der Waals surface area contributed by atoms with Gasteiger partial charge >= 0.3 is 0 Å². The van der Waals surface area contributed by atoms with Crippen LogP contribution in [0.15, 0.2) is 41.3 Å². The first-order valence-electron chi connectivity index (χ1n) is 11.0. The van der Waals surface area contributed by atoms with Crippen LogP contribution in [0.2, 0.25) is 5.02 Å². The molecular weight excluding hydrogens is 448 g/mol. The van der Waals surface area contributed by atoms with E-state index in [1.807, 2.05) is 45.9 Å². The van der Waals surface area contributed by atoms with Crippen molar-refractivity contribution in [2.75, 3.05) is 17.4 Å². The minimum atomic E-state index is -3.85. The van der Waals surface area contributed by atoms with E-state index in [1.165, 1.54) is 16.4 Å². The van der Waals surface area contributed by atoms with Crippen molar-refractivity contribution in [1.29, 1.82) is 0 Å². The normalized spacial score (nSPS) is 19.6. The van der Waals surface area contributed by atoms with Gasteiger partial charge in [-0.1, -0.05) is 49.2 Å². The number of hydrogen-bond acceptors (Lipinski definition) is 5. The maximum atomic E-state index is 13.6. The Balaban J connectivity index is 1.85. The number of sulfonamides is 1. The van der Waals surface area contributed by atoms with Gasteiger partial charge in [-0.05, 0) is 56.4 Å². The molecule has 2 aromatic rings. The SMILES string of the molecule is Cc1ccc(N(CC(C)C)S(=O)(=O)c2ccc(C(O)CN[C@H]3C[C@H](O)C3)c(Cl)c2)c(C)c1. The summed E-state index contributed by atoms with van der Waals surface area (Å²) in [6, 6.07) is 10.4. The van der Waals surface area contributed by atoms with E-state index in [2.05, 4.69) is 5.32 Å². The van der Waals surface area contributed by atoms with E-state index in [0.29, 0.717) is 30.6 Å². The van der Waals surface area contributed by atoms with Gasteiger partial charge in [0.1, 0.15) is 0 Å². The van der Waals surface area contributed by atoms with Crippen molar-refractivity contribution in [3.63, 3.8) is 0 Å². The molecule has 1 aliphatic carbocycles. The second-order valence-corrected chi connectivity index (χ2v) is 11.4. The molecule has 3 N–H and O–H groups in total. The summed E-state index contributed by atoms with van der Waals surface area (Å²) >= 11 is 6.41. The first kappa shape index (κ1) is 25.0. The quantitative estimate of drug-likeness (QED) is 0.505. The number of anilines is 1. The monoisotopic (exact) mass is 480 g/mol. The summed E-state index contributed by atoms with van der Waals surface area (Å²) in [5, 5.41) is 23.3. The third-order valence-electron chi connectivity index (χ3n) is 5.78. The predicted octanol–water partition coefficient (Wildman–Crippen LogP) is 3.95. The zero-order valence-electron chi connectivity index (χ0n) is 19.0. The van der Waals surface area contributed by atoms with Gasteiger partial charge in [-0.3, -0.25) is 4.31 Å². The molecule has 6 nitrogen and oxygen atoms in total. The summed E-state index contributed by atoms with van der Waals surface area (Å²) in [6.07, 6.45) is 0.190. The van der Waals surface area contributed by atoms with Crippen LogP contribution in [-0.4, -0.2) is 43.9 Å². The average molecular weight is 481 g/mol. The van der Waals surface area contributed by atoms with E-state index in [4.69, 9.17) is 11.6 Å². The summed E-state index contributed by atoms with van der Waals surface area (Å²) in [7, 11) is -3.85. The number of nitrogens with zero attached hydrogens (tertiary/aromatic N) is 1. The second-order valence-electron chi connectivity index (χ2n) is 9.15. The van der Waals surface area contributed by atoms with E-state index >= 15 is 0 Å². The van der Waals surface area contributed by atoms with Crippen LogP contribution in [0.5, 0.6) is 0 Å². The van der Waals surface area contributed by atoms with Crippen molar-refractivity contribution >= 4 is 27.3 Å². The number of aryl methyl sites for hydroxylation is 2. The lowest BCUT2D eigenvalue weighted by Gasteiger charge is -2.33. The van der Waals surface area contributed by atoms with Crippen molar-refractivity contribution in [2.24, 2.45) is 5.92 Å². The van der Waals surface area contributed by atoms with E-state index in [9.17, 15) is 18.6 Å². The molecule has 0 aliphatic heterocycles. The summed E-state index contributed by atoms with van der Waals surface area (Å²) in [6.45, 7) is 8.46. The van der Waals surface area contributed by atoms with Crippen LogP contribution >= 0.6 is 11.6 Å². The molecule has 1 saturated carbocycles. The second kappa shape index (κ2) is 10.1. The molecule has 2 aromatic carbocycles. The van der Waals surface area contributed by atoms with Gasteiger partial charge in [-0.15, -0.1) is 0 Å². The fourth-order valence-electron chi connectivity index (χ4n) is 3.95. The molecule has 8 heteroatoms. The van der Waals surface area contributed by atoms with Crippen LogP contribution < -0.4 is 9.62 Å². The summed E-state index contributed by atoms with van der Waals surface area (Å²) < 4.78 is 28.6. The molecule has 0 bridgehead atoms. The topological polar surface area (TPSA) is 89.9 Å². The molecule has 0 amide bonds. The number of aliphatic hydroxyl groups excluding tert-OH is 2. The highest BCUT2D eigenvalue weighted by molar-refractivity contribution is 7.92. The minimum absolute atomic E-state index is 0.0918. The van der Waals surface area contributed by atoms with Gasteiger partial charge in [0.25, 0.3) is 10.0 Å². The van der Waals surface area contributed by atoms with E-state index < -0.39 is 16.1 Å². The zero-order valence-corrected chi connectivity index (χ0v) is 20.6. The smallest absolute Gasteiger partial charge is 0.264 e. The maximum Gasteiger partial charge on any atom is 0.264 e. The summed E-state index contributed by atoms with van der Waals surface area (Å²) in [5.41, 5.74) is 3.08. The Morgan fingerprint density at radius 2 is 1.84 bits per heavy atom. The van der Waals surface area contributed by atoms with Gasteiger partial charge in [0.15, 0.2) is 0 Å². The van der Waals surface area contributed by atoms with Crippen LogP contribution in [0.3, 0.4) is 0 Å². The highest BCUT2D eigenvalue weighted by Gasteiger charge is 2.29. The van der Waals surface area contributed by atoms with Crippen LogP contribution in [-0.2, 0) is 10.0 Å². The summed E-state index contributed by atoms with van der Waals surface area (Å²) in [4.78, 5) is 0.0918. The number of aliphatic hydroxyl groups is 2. The number of benzene rings is 2. The van der Waals surface area contributed by atoms with Crippen molar-refractivity contribution in [3.8, 4) is 0 Å². The highest BCUT2D eigenvalue weighted by Crippen LogP contribution is 2.32. The number of nitrogens with one attached hydrogen (secondary N) is 1. The molecule has 0 aromatic heterocycles. The molecule has 1 fully saturated rings. The highest BCUT2D eigenvalue weighted by atomic mass is 35.5. The molecule has 1 aliphatic rings. The first-order valence-corrected chi connectivity index (χ1v) is 12.8. The molecule has 0 spiro atoms. The van der Waals surface area contributed by atoms with Crippen molar-refractivity contribution in [3.05, 3.63) is 58.1 Å². The molecule has 0 heterocycles. The van der Waals surface area contributed by atoms with E-state index in [1.54, 1.807) is 6.07 Å². The third-order valence-corrected chi connectivity index (χ3v) is 7.89. The molecule has 32 heavy (non-hydrogen) atoms. The van der Waals surface area contributed by atoms with Gasteiger partial charge in [0.2, 0.25) is 0 Å². The van der Waals surface area contributed by atoms with Crippen LogP contribution in [0.25, 0.3) is 0 Å². The fourth-order valence-corrected chi connectivity index (χ4v) is 6.04. The first-order chi connectivity index (χ1) is 15.0. The lowest BCUT2D eigenvalue weighted by atomic mass is 9.89. The Hall–Kier alpha value is -1.64. The van der Waals surface area contributed by atoms with Gasteiger partial charge in [0.05, 0.1) is 22.8 Å². The third kappa shape index (κ3) is 5.64. The van der Waals surface area contributed by atoms with E-state index in [-0.39, 0.29) is 34.5 Å². The minimum Gasteiger partial charge on any atom is -0.393 e. The van der Waals surface area contributed by atoms with E-state index in [0.717, 1.165) is 11.1 Å². The fraction of sp³-hybridized carbons (Fsp3) is 0.500. The Labute approximate surface area is 196 Å². The Morgan fingerprint density at radius 1 is 1.16 bits per heavy atom. The number of halogens is 1. The molecule has 0 radical (unpaired) electrons. The van der Waals surface area contributed by atoms with Crippen molar-refractivity contribution < 1.29 is 18.6 Å². The standard InChI is InChI=1S/C24H33ClN2O4S/c1-15(2)14-27(23-8-5-16(3)9-17(23)4)32(30,31)20-6-7-21(22(25)12-20)24(29)13-26-18-10-19(28)11-18/h5-9,12,15,18-19,24,26,28-29H,10-11,13-14H2,1-4H3/t18-,19-,24?. The Bertz CT molecular complexity index is 1050. The molecular formula is C24H33ClN2O4S. The van der Waals surface area contributed by atoms with Crippen molar-refractivity contribution in [2.45, 2.75) is 63.7 Å². The Kier molecular flexibility index (Phi) is 7.89. The molecule has 1 unspecified atom stereocenters. The number of hydrogen-bond donors (Lipinski definition) is 3. The van der Waals surface area contributed by atoms with Gasteiger partial charge < -0.3 is 15.5 Å². The van der Waals surface area contributed by atoms with Crippen LogP contribution in [0.4, 0.5) is 5.69 Å². The van der Waals surface area contributed by atoms with Crippen LogP contribution in [0.1, 0.15) is 49.5 Å². The van der Waals surface area contributed by atoms with Gasteiger partial charge in [-0.2, -0.15) is 0 Å². The maximum absolute atomic E-state index is 13.6. The van der Waals surface area contributed by atoms with Crippen molar-refractivity contribution in [1.82, 2.24) is 5.32 Å². The predicted molar refractivity (Wildman–Crippen MR) is 129 cm³/mol. The van der Waals surface area contributed by atoms with Gasteiger partial charge in [-0.25, -0.2) is 8.42 Å². The zero-order chi connectivity index (χ0) is 23.6. The number of rotatable bonds is 9. The lowest BCUT2D eigenvalue weighted by molar-refractivity contribution is 0.0551. The largest absolute Gasteiger partial charge is 0.393 e. The Morgan fingerprint density at radius 3 is 2.41 bits per heavy atom.